The van der Waals surface area contributed by atoms with E-state index in [-0.39, 0.29) is 12.5 Å². The standard InChI is InChI=1S/C23H17BrN2O4/c24-18-9-5-4-8-17(18)22(27)26-19(23(28)25-16-6-2-1-3-7-16)12-15-10-11-20-21(13-15)30-14-29-20/h1-13H,14H2,(H,25,28)(H,26,27)/b19-12-. The summed E-state index contributed by atoms with van der Waals surface area (Å²) >= 11 is 3.37. The molecule has 3 aromatic carbocycles. The Labute approximate surface area is 181 Å². The van der Waals surface area contributed by atoms with Gasteiger partial charge in [-0.25, -0.2) is 0 Å². The van der Waals surface area contributed by atoms with Gasteiger partial charge in [-0.05, 0) is 64.0 Å². The van der Waals surface area contributed by atoms with Crippen molar-refractivity contribution >= 4 is 39.5 Å². The molecule has 2 N–H and O–H groups in total. The first kappa shape index (κ1) is 19.7. The van der Waals surface area contributed by atoms with Crippen LogP contribution in [-0.4, -0.2) is 18.6 Å². The van der Waals surface area contributed by atoms with E-state index in [1.807, 2.05) is 24.3 Å². The maximum absolute atomic E-state index is 12.9. The number of halogens is 1. The molecule has 0 unspecified atom stereocenters. The minimum Gasteiger partial charge on any atom is -0.454 e. The topological polar surface area (TPSA) is 76.7 Å². The van der Waals surface area contributed by atoms with Gasteiger partial charge < -0.3 is 20.1 Å². The van der Waals surface area contributed by atoms with Gasteiger partial charge in [-0.2, -0.15) is 0 Å². The lowest BCUT2D eigenvalue weighted by Gasteiger charge is -2.12. The van der Waals surface area contributed by atoms with Gasteiger partial charge in [0.2, 0.25) is 6.79 Å². The molecule has 0 aromatic heterocycles. The lowest BCUT2D eigenvalue weighted by Crippen LogP contribution is -2.31. The highest BCUT2D eigenvalue weighted by atomic mass is 79.9. The Hall–Kier alpha value is -3.58. The molecule has 7 heteroatoms. The summed E-state index contributed by atoms with van der Waals surface area (Å²) in [5.74, 6) is 0.375. The van der Waals surface area contributed by atoms with E-state index in [0.29, 0.717) is 32.8 Å². The van der Waals surface area contributed by atoms with Crippen molar-refractivity contribution in [1.29, 1.82) is 0 Å². The Balaban J connectivity index is 1.64. The SMILES string of the molecule is O=C(Nc1ccccc1)/C(=C/c1ccc2c(c1)OCO2)NC(=O)c1ccccc1Br. The number of ether oxygens (including phenoxy) is 2. The summed E-state index contributed by atoms with van der Waals surface area (Å²) in [6.07, 6.45) is 1.59. The molecular formula is C23H17BrN2O4. The molecule has 0 fully saturated rings. The third kappa shape index (κ3) is 4.52. The van der Waals surface area contributed by atoms with Gasteiger partial charge in [0, 0.05) is 10.2 Å². The highest BCUT2D eigenvalue weighted by Gasteiger charge is 2.18. The molecule has 0 saturated carbocycles. The number of hydrogen-bond donors (Lipinski definition) is 2. The maximum Gasteiger partial charge on any atom is 0.272 e. The van der Waals surface area contributed by atoms with Crippen molar-refractivity contribution in [2.75, 3.05) is 12.1 Å². The Morgan fingerprint density at radius 1 is 0.900 bits per heavy atom. The molecule has 6 nitrogen and oxygen atoms in total. The lowest BCUT2D eigenvalue weighted by molar-refractivity contribution is -0.113. The molecule has 0 bridgehead atoms. The Kier molecular flexibility index (Phi) is 5.81. The fourth-order valence-electron chi connectivity index (χ4n) is 2.88. The van der Waals surface area contributed by atoms with Gasteiger partial charge in [-0.1, -0.05) is 36.4 Å². The molecule has 0 spiro atoms. The molecule has 1 heterocycles. The molecule has 30 heavy (non-hydrogen) atoms. The van der Waals surface area contributed by atoms with E-state index in [9.17, 15) is 9.59 Å². The zero-order chi connectivity index (χ0) is 20.9. The highest BCUT2D eigenvalue weighted by Crippen LogP contribution is 2.33. The third-order valence-corrected chi connectivity index (χ3v) is 5.04. The van der Waals surface area contributed by atoms with E-state index in [4.69, 9.17) is 9.47 Å². The summed E-state index contributed by atoms with van der Waals surface area (Å²) in [6.45, 7) is 0.155. The summed E-state index contributed by atoms with van der Waals surface area (Å²) in [5.41, 5.74) is 1.82. The number of fused-ring (bicyclic) bond motifs is 1. The first-order valence-electron chi connectivity index (χ1n) is 9.14. The van der Waals surface area contributed by atoms with Crippen molar-refractivity contribution in [3.63, 3.8) is 0 Å². The fraction of sp³-hybridized carbons (Fsp3) is 0.0435. The maximum atomic E-state index is 12.9. The molecular weight excluding hydrogens is 448 g/mol. The number of nitrogens with one attached hydrogen (secondary N) is 2. The van der Waals surface area contributed by atoms with Crippen LogP contribution in [0.25, 0.3) is 6.08 Å². The Morgan fingerprint density at radius 2 is 1.63 bits per heavy atom. The Bertz CT molecular complexity index is 1130. The summed E-state index contributed by atoms with van der Waals surface area (Å²) in [6, 6.07) is 21.3. The van der Waals surface area contributed by atoms with Crippen LogP contribution in [-0.2, 0) is 4.79 Å². The average molecular weight is 465 g/mol. The lowest BCUT2D eigenvalue weighted by atomic mass is 10.1. The minimum absolute atomic E-state index is 0.0958. The molecule has 3 aromatic rings. The number of carbonyl (C=O) groups is 2. The van der Waals surface area contributed by atoms with Gasteiger partial charge >= 0.3 is 0 Å². The average Bonchev–Trinajstić information content (AvgIpc) is 3.22. The summed E-state index contributed by atoms with van der Waals surface area (Å²) in [4.78, 5) is 25.7. The van der Waals surface area contributed by atoms with Crippen LogP contribution in [0.5, 0.6) is 11.5 Å². The quantitative estimate of drug-likeness (QED) is 0.541. The molecule has 2 amide bonds. The first-order chi connectivity index (χ1) is 14.6. The van der Waals surface area contributed by atoms with Gasteiger partial charge in [-0.3, -0.25) is 9.59 Å². The van der Waals surface area contributed by atoms with Crippen molar-refractivity contribution in [3.8, 4) is 11.5 Å². The second-order valence-corrected chi connectivity index (χ2v) is 7.28. The number of carbonyl (C=O) groups excluding carboxylic acids is 2. The van der Waals surface area contributed by atoms with Crippen molar-refractivity contribution in [2.24, 2.45) is 0 Å². The van der Waals surface area contributed by atoms with Crippen LogP contribution in [0.2, 0.25) is 0 Å². The zero-order valence-electron chi connectivity index (χ0n) is 15.7. The number of benzene rings is 3. The third-order valence-electron chi connectivity index (χ3n) is 4.35. The number of anilines is 1. The van der Waals surface area contributed by atoms with Crippen molar-refractivity contribution in [2.45, 2.75) is 0 Å². The summed E-state index contributed by atoms with van der Waals surface area (Å²) in [7, 11) is 0. The second-order valence-electron chi connectivity index (χ2n) is 6.42. The summed E-state index contributed by atoms with van der Waals surface area (Å²) < 4.78 is 11.4. The zero-order valence-corrected chi connectivity index (χ0v) is 17.3. The van der Waals surface area contributed by atoms with Crippen LogP contribution in [0.4, 0.5) is 5.69 Å². The Morgan fingerprint density at radius 3 is 2.43 bits per heavy atom. The van der Waals surface area contributed by atoms with Gasteiger partial charge in [0.25, 0.3) is 11.8 Å². The number of rotatable bonds is 5. The van der Waals surface area contributed by atoms with E-state index >= 15 is 0 Å². The molecule has 1 aliphatic rings. The monoisotopic (exact) mass is 464 g/mol. The number of amides is 2. The van der Waals surface area contributed by atoms with E-state index < -0.39 is 11.8 Å². The number of hydrogen-bond acceptors (Lipinski definition) is 4. The van der Waals surface area contributed by atoms with Crippen LogP contribution in [0, 0.1) is 0 Å². The van der Waals surface area contributed by atoms with Crippen LogP contribution in [0.1, 0.15) is 15.9 Å². The van der Waals surface area contributed by atoms with Crippen molar-refractivity contribution in [3.05, 3.63) is 94.1 Å². The van der Waals surface area contributed by atoms with E-state index in [1.165, 1.54) is 0 Å². The van der Waals surface area contributed by atoms with E-state index in [2.05, 4.69) is 26.6 Å². The largest absolute Gasteiger partial charge is 0.454 e. The van der Waals surface area contributed by atoms with Crippen molar-refractivity contribution in [1.82, 2.24) is 5.32 Å². The van der Waals surface area contributed by atoms with Crippen LogP contribution >= 0.6 is 15.9 Å². The first-order valence-corrected chi connectivity index (χ1v) is 9.93. The molecule has 0 radical (unpaired) electrons. The van der Waals surface area contributed by atoms with Crippen LogP contribution in [0.15, 0.2) is 83.0 Å². The summed E-state index contributed by atoms with van der Waals surface area (Å²) in [5, 5.41) is 5.51. The van der Waals surface area contributed by atoms with E-state index in [0.717, 1.165) is 0 Å². The van der Waals surface area contributed by atoms with E-state index in [1.54, 1.807) is 54.6 Å². The minimum atomic E-state index is -0.445. The predicted octanol–water partition coefficient (Wildman–Crippen LogP) is 4.59. The molecule has 0 saturated heterocycles. The smallest absolute Gasteiger partial charge is 0.272 e. The van der Waals surface area contributed by atoms with Gasteiger partial charge in [0.1, 0.15) is 5.70 Å². The van der Waals surface area contributed by atoms with Gasteiger partial charge in [-0.15, -0.1) is 0 Å². The van der Waals surface area contributed by atoms with Gasteiger partial charge in [0.15, 0.2) is 11.5 Å². The molecule has 0 aliphatic carbocycles. The predicted molar refractivity (Wildman–Crippen MR) is 117 cm³/mol. The molecule has 4 rings (SSSR count). The van der Waals surface area contributed by atoms with Crippen LogP contribution in [0.3, 0.4) is 0 Å². The number of para-hydroxylation sites is 1. The van der Waals surface area contributed by atoms with Crippen LogP contribution < -0.4 is 20.1 Å². The van der Waals surface area contributed by atoms with Crippen molar-refractivity contribution < 1.29 is 19.1 Å². The normalized spacial score (nSPS) is 12.4. The van der Waals surface area contributed by atoms with Gasteiger partial charge in [0.05, 0.1) is 5.56 Å². The fourth-order valence-corrected chi connectivity index (χ4v) is 3.35. The molecule has 0 atom stereocenters. The highest BCUT2D eigenvalue weighted by molar-refractivity contribution is 9.10. The second kappa shape index (κ2) is 8.84. The molecule has 1 aliphatic heterocycles. The molecule has 150 valence electrons.